The fourth-order valence-corrected chi connectivity index (χ4v) is 2.30. The van der Waals surface area contributed by atoms with Gasteiger partial charge in [0, 0.05) is 10.6 Å². The van der Waals surface area contributed by atoms with Gasteiger partial charge in [-0.3, -0.25) is 4.79 Å². The smallest absolute Gasteiger partial charge is 0.246 e. The highest BCUT2D eigenvalue weighted by Gasteiger charge is 2.17. The van der Waals surface area contributed by atoms with Crippen LogP contribution in [0.4, 0.5) is 10.1 Å². The van der Waals surface area contributed by atoms with E-state index >= 15 is 0 Å². The SMILES string of the molecule is Cc1cc(F)ccc1NC(=O)C(N)c1cccs1. The van der Waals surface area contributed by atoms with Crippen LogP contribution in [0.3, 0.4) is 0 Å². The van der Waals surface area contributed by atoms with Crippen molar-refractivity contribution in [3.8, 4) is 0 Å². The van der Waals surface area contributed by atoms with Gasteiger partial charge in [-0.25, -0.2) is 4.39 Å². The molecule has 1 atom stereocenters. The molecule has 2 aromatic rings. The van der Waals surface area contributed by atoms with Gasteiger partial charge in [-0.15, -0.1) is 11.3 Å². The number of amides is 1. The molecule has 1 aromatic heterocycles. The molecule has 0 bridgehead atoms. The predicted octanol–water partition coefficient (Wildman–Crippen LogP) is 2.83. The summed E-state index contributed by atoms with van der Waals surface area (Å²) in [5, 5.41) is 4.57. The topological polar surface area (TPSA) is 55.1 Å². The molecule has 3 nitrogen and oxygen atoms in total. The average Bonchev–Trinajstić information content (AvgIpc) is 2.85. The van der Waals surface area contributed by atoms with Crippen LogP contribution in [0.1, 0.15) is 16.5 Å². The van der Waals surface area contributed by atoms with Crippen LogP contribution in [0, 0.1) is 12.7 Å². The number of aryl methyl sites for hydroxylation is 1. The van der Waals surface area contributed by atoms with E-state index in [-0.39, 0.29) is 11.7 Å². The first-order chi connectivity index (χ1) is 8.58. The van der Waals surface area contributed by atoms with Crippen molar-refractivity contribution in [2.24, 2.45) is 5.73 Å². The second kappa shape index (κ2) is 5.29. The van der Waals surface area contributed by atoms with Crippen LogP contribution in [0.25, 0.3) is 0 Å². The van der Waals surface area contributed by atoms with E-state index in [9.17, 15) is 9.18 Å². The lowest BCUT2D eigenvalue weighted by Gasteiger charge is -2.12. The van der Waals surface area contributed by atoms with Gasteiger partial charge in [-0.1, -0.05) is 6.07 Å². The number of rotatable bonds is 3. The number of anilines is 1. The quantitative estimate of drug-likeness (QED) is 0.895. The van der Waals surface area contributed by atoms with Gasteiger partial charge in [0.15, 0.2) is 0 Å². The molecule has 1 heterocycles. The van der Waals surface area contributed by atoms with Crippen molar-refractivity contribution in [2.45, 2.75) is 13.0 Å². The lowest BCUT2D eigenvalue weighted by molar-refractivity contribution is -0.117. The molecule has 18 heavy (non-hydrogen) atoms. The number of carbonyl (C=O) groups is 1. The van der Waals surface area contributed by atoms with Crippen molar-refractivity contribution in [3.05, 3.63) is 52.0 Å². The van der Waals surface area contributed by atoms with Crippen LogP contribution in [0.5, 0.6) is 0 Å². The number of nitrogens with two attached hydrogens (primary N) is 1. The van der Waals surface area contributed by atoms with E-state index in [4.69, 9.17) is 5.73 Å². The van der Waals surface area contributed by atoms with Crippen molar-refractivity contribution in [3.63, 3.8) is 0 Å². The minimum absolute atomic E-state index is 0.299. The highest BCUT2D eigenvalue weighted by atomic mass is 32.1. The first kappa shape index (κ1) is 12.7. The van der Waals surface area contributed by atoms with E-state index in [0.29, 0.717) is 11.3 Å². The van der Waals surface area contributed by atoms with Crippen molar-refractivity contribution < 1.29 is 9.18 Å². The Balaban J connectivity index is 2.12. The highest BCUT2D eigenvalue weighted by Crippen LogP contribution is 2.20. The summed E-state index contributed by atoms with van der Waals surface area (Å²) in [6.45, 7) is 1.73. The molecule has 0 fully saturated rings. The summed E-state index contributed by atoms with van der Waals surface area (Å²) in [7, 11) is 0. The second-order valence-electron chi connectivity index (χ2n) is 3.94. The lowest BCUT2D eigenvalue weighted by atomic mass is 10.1. The number of carbonyl (C=O) groups excluding carboxylic acids is 1. The number of halogens is 1. The third-order valence-corrected chi connectivity index (χ3v) is 3.53. The van der Waals surface area contributed by atoms with E-state index < -0.39 is 6.04 Å². The zero-order valence-electron chi connectivity index (χ0n) is 9.81. The van der Waals surface area contributed by atoms with Crippen LogP contribution >= 0.6 is 11.3 Å². The first-order valence-electron chi connectivity index (χ1n) is 5.44. The molecule has 0 aliphatic rings. The van der Waals surface area contributed by atoms with Gasteiger partial charge < -0.3 is 11.1 Å². The Labute approximate surface area is 108 Å². The Kier molecular flexibility index (Phi) is 3.74. The number of nitrogens with one attached hydrogen (secondary N) is 1. The summed E-state index contributed by atoms with van der Waals surface area (Å²) in [5.41, 5.74) is 7.08. The number of thiophene rings is 1. The molecule has 0 spiro atoms. The lowest BCUT2D eigenvalue weighted by Crippen LogP contribution is -2.27. The highest BCUT2D eigenvalue weighted by molar-refractivity contribution is 7.10. The Hall–Kier alpha value is -1.72. The zero-order chi connectivity index (χ0) is 13.1. The summed E-state index contributed by atoms with van der Waals surface area (Å²) < 4.78 is 12.9. The van der Waals surface area contributed by atoms with Gasteiger partial charge in [-0.2, -0.15) is 0 Å². The molecule has 5 heteroatoms. The molecule has 1 aromatic carbocycles. The molecule has 1 amide bonds. The third kappa shape index (κ3) is 2.75. The van der Waals surface area contributed by atoms with Gasteiger partial charge in [-0.05, 0) is 42.1 Å². The molecule has 1 unspecified atom stereocenters. The Morgan fingerprint density at radius 1 is 1.44 bits per heavy atom. The summed E-state index contributed by atoms with van der Waals surface area (Å²) in [6, 6.07) is 7.16. The predicted molar refractivity (Wildman–Crippen MR) is 71.0 cm³/mol. The summed E-state index contributed by atoms with van der Waals surface area (Å²) in [5.74, 6) is -0.625. The first-order valence-corrected chi connectivity index (χ1v) is 6.32. The molecule has 0 saturated heterocycles. The third-order valence-electron chi connectivity index (χ3n) is 2.58. The minimum Gasteiger partial charge on any atom is -0.324 e. The van der Waals surface area contributed by atoms with E-state index in [0.717, 1.165) is 4.88 Å². The Morgan fingerprint density at radius 2 is 2.22 bits per heavy atom. The molecule has 0 aliphatic carbocycles. The Bertz CT molecular complexity index is 554. The van der Waals surface area contributed by atoms with Crippen molar-refractivity contribution in [1.82, 2.24) is 0 Å². The molecular weight excluding hydrogens is 251 g/mol. The van der Waals surface area contributed by atoms with Gasteiger partial charge in [0.25, 0.3) is 0 Å². The number of benzene rings is 1. The molecular formula is C13H13FN2OS. The van der Waals surface area contributed by atoms with Gasteiger partial charge >= 0.3 is 0 Å². The molecule has 2 rings (SSSR count). The molecule has 94 valence electrons. The largest absolute Gasteiger partial charge is 0.324 e. The maximum absolute atomic E-state index is 12.9. The van der Waals surface area contributed by atoms with Gasteiger partial charge in [0.05, 0.1) is 0 Å². The van der Waals surface area contributed by atoms with Gasteiger partial charge in [0.1, 0.15) is 11.9 Å². The zero-order valence-corrected chi connectivity index (χ0v) is 10.6. The number of hydrogen-bond donors (Lipinski definition) is 2. The monoisotopic (exact) mass is 264 g/mol. The standard InChI is InChI=1S/C13H13FN2OS/c1-8-7-9(14)4-5-10(8)16-13(17)12(15)11-3-2-6-18-11/h2-7,12H,15H2,1H3,(H,16,17). The van der Waals surface area contributed by atoms with Crippen LogP contribution in [-0.4, -0.2) is 5.91 Å². The van der Waals surface area contributed by atoms with E-state index in [1.54, 1.807) is 6.92 Å². The van der Waals surface area contributed by atoms with Crippen LogP contribution in [0.2, 0.25) is 0 Å². The van der Waals surface area contributed by atoms with E-state index in [1.807, 2.05) is 17.5 Å². The molecule has 0 saturated carbocycles. The molecule has 0 aliphatic heterocycles. The van der Waals surface area contributed by atoms with E-state index in [1.165, 1.54) is 29.5 Å². The molecule has 3 N–H and O–H groups in total. The van der Waals surface area contributed by atoms with E-state index in [2.05, 4.69) is 5.32 Å². The van der Waals surface area contributed by atoms with Crippen molar-refractivity contribution >= 4 is 22.9 Å². The molecule has 0 radical (unpaired) electrons. The fourth-order valence-electron chi connectivity index (χ4n) is 1.58. The van der Waals surface area contributed by atoms with Crippen molar-refractivity contribution in [2.75, 3.05) is 5.32 Å². The normalized spacial score (nSPS) is 12.2. The van der Waals surface area contributed by atoms with Crippen LogP contribution < -0.4 is 11.1 Å². The van der Waals surface area contributed by atoms with Crippen LogP contribution in [0.15, 0.2) is 35.7 Å². The summed E-state index contributed by atoms with van der Waals surface area (Å²) in [4.78, 5) is 12.7. The van der Waals surface area contributed by atoms with Crippen LogP contribution in [-0.2, 0) is 4.79 Å². The van der Waals surface area contributed by atoms with Gasteiger partial charge in [0.2, 0.25) is 5.91 Å². The summed E-state index contributed by atoms with van der Waals surface area (Å²) >= 11 is 1.43. The van der Waals surface area contributed by atoms with Crippen molar-refractivity contribution in [1.29, 1.82) is 0 Å². The maximum Gasteiger partial charge on any atom is 0.246 e. The summed E-state index contributed by atoms with van der Waals surface area (Å²) in [6.07, 6.45) is 0. The number of hydrogen-bond acceptors (Lipinski definition) is 3. The maximum atomic E-state index is 12.9. The minimum atomic E-state index is -0.700. The fraction of sp³-hybridized carbons (Fsp3) is 0.154. The second-order valence-corrected chi connectivity index (χ2v) is 4.92. The average molecular weight is 264 g/mol. The Morgan fingerprint density at radius 3 is 2.83 bits per heavy atom.